The van der Waals surface area contributed by atoms with Gasteiger partial charge in [0.1, 0.15) is 17.1 Å². The lowest BCUT2D eigenvalue weighted by molar-refractivity contribution is -0.137. The zero-order valence-corrected chi connectivity index (χ0v) is 16.2. The summed E-state index contributed by atoms with van der Waals surface area (Å²) in [5.74, 6) is -0.0868. The molecule has 3 aromatic rings. The lowest BCUT2D eigenvalue weighted by atomic mass is 10.2. The minimum atomic E-state index is -0.539. The number of rotatable bonds is 9. The van der Waals surface area contributed by atoms with Crippen molar-refractivity contribution in [2.75, 3.05) is 13.2 Å². The number of fused-ring (bicyclic) bond motifs is 1. The average molecular weight is 408 g/mol. The Hall–Kier alpha value is -3.87. The fraction of sp³-hybridized carbons (Fsp3) is 0.174. The van der Waals surface area contributed by atoms with Crippen LogP contribution < -0.4 is 15.1 Å². The number of unbranched alkanes of at least 4 members (excludes halogenated alkanes) is 1. The molecule has 0 amide bonds. The summed E-state index contributed by atoms with van der Waals surface area (Å²) in [7, 11) is 0. The van der Waals surface area contributed by atoms with Crippen molar-refractivity contribution in [2.24, 2.45) is 0 Å². The van der Waals surface area contributed by atoms with Gasteiger partial charge >= 0.3 is 17.6 Å². The molecule has 30 heavy (non-hydrogen) atoms. The summed E-state index contributed by atoms with van der Waals surface area (Å²) in [5.41, 5.74) is 0.225. The smallest absolute Gasteiger partial charge is 0.343 e. The van der Waals surface area contributed by atoms with Gasteiger partial charge in [0.2, 0.25) is 0 Å². The molecule has 1 heterocycles. The zero-order valence-electron chi connectivity index (χ0n) is 16.2. The Morgan fingerprint density at radius 2 is 1.63 bits per heavy atom. The van der Waals surface area contributed by atoms with Gasteiger partial charge in [0.05, 0.1) is 18.8 Å². The molecule has 0 aliphatic rings. The standard InChI is InChI=1S/C23H20O7/c1-2-21(24)28-14-4-3-13-27-18-9-6-17(7-10-18)23(26)29-19-11-5-16-8-12-22(25)30-20(16)15-19/h2,5-12,15H,1,3-4,13-14H2. The summed E-state index contributed by atoms with van der Waals surface area (Å²) in [6, 6.07) is 14.4. The minimum absolute atomic E-state index is 0.277. The van der Waals surface area contributed by atoms with Crippen molar-refractivity contribution < 1.29 is 28.2 Å². The van der Waals surface area contributed by atoms with E-state index in [2.05, 4.69) is 6.58 Å². The second kappa shape index (κ2) is 10.1. The quantitative estimate of drug-likeness (QED) is 0.174. The third kappa shape index (κ3) is 5.81. The molecule has 0 spiro atoms. The summed E-state index contributed by atoms with van der Waals surface area (Å²) in [4.78, 5) is 34.6. The Bertz CT molecular complexity index is 1100. The Balaban J connectivity index is 1.49. The lowest BCUT2D eigenvalue weighted by Crippen LogP contribution is -2.08. The van der Waals surface area contributed by atoms with E-state index in [0.29, 0.717) is 43.0 Å². The Morgan fingerprint density at radius 1 is 0.933 bits per heavy atom. The SMILES string of the molecule is C=CC(=O)OCCCCOc1ccc(C(=O)Oc2ccc3ccc(=O)oc3c2)cc1. The van der Waals surface area contributed by atoms with Gasteiger partial charge in [-0.25, -0.2) is 14.4 Å². The largest absolute Gasteiger partial charge is 0.494 e. The fourth-order valence-corrected chi connectivity index (χ4v) is 2.58. The molecule has 2 aromatic carbocycles. The number of hydrogen-bond acceptors (Lipinski definition) is 7. The van der Waals surface area contributed by atoms with Crippen LogP contribution in [0.2, 0.25) is 0 Å². The van der Waals surface area contributed by atoms with Gasteiger partial charge in [-0.3, -0.25) is 0 Å². The molecule has 0 atom stereocenters. The van der Waals surface area contributed by atoms with Crippen molar-refractivity contribution in [3.8, 4) is 11.5 Å². The van der Waals surface area contributed by atoms with E-state index in [9.17, 15) is 14.4 Å². The van der Waals surface area contributed by atoms with Crippen molar-refractivity contribution in [1.29, 1.82) is 0 Å². The second-order valence-electron chi connectivity index (χ2n) is 6.30. The van der Waals surface area contributed by atoms with Gasteiger partial charge in [-0.05, 0) is 55.3 Å². The molecule has 7 nitrogen and oxygen atoms in total. The van der Waals surface area contributed by atoms with Crippen molar-refractivity contribution in [3.05, 3.63) is 83.2 Å². The highest BCUT2D eigenvalue weighted by atomic mass is 16.5. The van der Waals surface area contributed by atoms with E-state index in [0.717, 1.165) is 11.5 Å². The Kier molecular flexibility index (Phi) is 7.00. The Labute approximate surface area is 172 Å². The van der Waals surface area contributed by atoms with Crippen LogP contribution in [-0.4, -0.2) is 25.2 Å². The van der Waals surface area contributed by atoms with Gasteiger partial charge in [-0.15, -0.1) is 0 Å². The first-order valence-electron chi connectivity index (χ1n) is 9.33. The first-order valence-corrected chi connectivity index (χ1v) is 9.33. The lowest BCUT2D eigenvalue weighted by Gasteiger charge is -2.08. The van der Waals surface area contributed by atoms with E-state index < -0.39 is 17.6 Å². The molecule has 0 saturated heterocycles. The third-order valence-corrected chi connectivity index (χ3v) is 4.11. The van der Waals surface area contributed by atoms with Gasteiger partial charge in [-0.1, -0.05) is 6.58 Å². The maximum Gasteiger partial charge on any atom is 0.343 e. The van der Waals surface area contributed by atoms with E-state index in [-0.39, 0.29) is 5.75 Å². The number of esters is 2. The summed E-state index contributed by atoms with van der Waals surface area (Å²) in [5, 5.41) is 0.731. The molecule has 0 bridgehead atoms. The fourth-order valence-electron chi connectivity index (χ4n) is 2.58. The van der Waals surface area contributed by atoms with Gasteiger partial charge in [0, 0.05) is 23.6 Å². The normalized spacial score (nSPS) is 10.4. The average Bonchev–Trinajstić information content (AvgIpc) is 2.76. The van der Waals surface area contributed by atoms with Crippen LogP contribution in [0.3, 0.4) is 0 Å². The van der Waals surface area contributed by atoms with E-state index in [4.69, 9.17) is 18.6 Å². The number of benzene rings is 2. The molecule has 3 rings (SSSR count). The van der Waals surface area contributed by atoms with Crippen LogP contribution in [0.15, 0.2) is 76.5 Å². The van der Waals surface area contributed by atoms with Crippen LogP contribution >= 0.6 is 0 Å². The van der Waals surface area contributed by atoms with E-state index >= 15 is 0 Å². The predicted molar refractivity (Wildman–Crippen MR) is 110 cm³/mol. The maximum atomic E-state index is 12.3. The number of carbonyl (C=O) groups excluding carboxylic acids is 2. The van der Waals surface area contributed by atoms with Crippen molar-refractivity contribution >= 4 is 22.9 Å². The van der Waals surface area contributed by atoms with Crippen LogP contribution in [0, 0.1) is 0 Å². The number of ether oxygens (including phenoxy) is 3. The van der Waals surface area contributed by atoms with E-state index in [1.807, 2.05) is 0 Å². The third-order valence-electron chi connectivity index (χ3n) is 4.11. The highest BCUT2D eigenvalue weighted by molar-refractivity contribution is 5.91. The van der Waals surface area contributed by atoms with Crippen molar-refractivity contribution in [1.82, 2.24) is 0 Å². The maximum absolute atomic E-state index is 12.3. The molecule has 1 aromatic heterocycles. The molecule has 0 saturated carbocycles. The van der Waals surface area contributed by atoms with Gasteiger partial charge in [0.15, 0.2) is 0 Å². The molecule has 154 valence electrons. The highest BCUT2D eigenvalue weighted by Gasteiger charge is 2.10. The second-order valence-corrected chi connectivity index (χ2v) is 6.30. The van der Waals surface area contributed by atoms with Crippen LogP contribution in [0.25, 0.3) is 11.0 Å². The van der Waals surface area contributed by atoms with Gasteiger partial charge < -0.3 is 18.6 Å². The van der Waals surface area contributed by atoms with E-state index in [1.165, 1.54) is 12.1 Å². The van der Waals surface area contributed by atoms with Crippen molar-refractivity contribution in [3.63, 3.8) is 0 Å². The molecule has 0 unspecified atom stereocenters. The molecule has 0 aliphatic carbocycles. The van der Waals surface area contributed by atoms with Crippen LogP contribution in [0.5, 0.6) is 11.5 Å². The number of hydrogen-bond donors (Lipinski definition) is 0. The topological polar surface area (TPSA) is 92.0 Å². The summed E-state index contributed by atoms with van der Waals surface area (Å²) < 4.78 is 20.9. The summed E-state index contributed by atoms with van der Waals surface area (Å²) >= 11 is 0. The summed E-state index contributed by atoms with van der Waals surface area (Å²) in [6.45, 7) is 4.10. The predicted octanol–water partition coefficient (Wildman–Crippen LogP) is 3.90. The molecule has 7 heteroatoms. The monoisotopic (exact) mass is 408 g/mol. The Morgan fingerprint density at radius 3 is 2.40 bits per heavy atom. The summed E-state index contributed by atoms with van der Waals surface area (Å²) in [6.07, 6.45) is 2.52. The van der Waals surface area contributed by atoms with E-state index in [1.54, 1.807) is 42.5 Å². The molecule has 0 N–H and O–H groups in total. The first kappa shape index (κ1) is 20.9. The number of carbonyl (C=O) groups is 2. The molecular weight excluding hydrogens is 388 g/mol. The molecule has 0 aliphatic heterocycles. The van der Waals surface area contributed by atoms with Crippen molar-refractivity contribution in [2.45, 2.75) is 12.8 Å². The van der Waals surface area contributed by atoms with Gasteiger partial charge in [0.25, 0.3) is 0 Å². The molecule has 0 radical (unpaired) electrons. The van der Waals surface area contributed by atoms with Gasteiger partial charge in [-0.2, -0.15) is 0 Å². The van der Waals surface area contributed by atoms with Crippen LogP contribution in [0.4, 0.5) is 0 Å². The molecular formula is C23H20O7. The van der Waals surface area contributed by atoms with Crippen LogP contribution in [-0.2, 0) is 9.53 Å². The first-order chi connectivity index (χ1) is 14.5. The highest BCUT2D eigenvalue weighted by Crippen LogP contribution is 2.21. The molecule has 0 fully saturated rings. The minimum Gasteiger partial charge on any atom is -0.494 e. The zero-order chi connectivity index (χ0) is 21.3. The van der Waals surface area contributed by atoms with Crippen LogP contribution in [0.1, 0.15) is 23.2 Å².